The van der Waals surface area contributed by atoms with Crippen molar-refractivity contribution in [3.05, 3.63) is 59.9 Å². The maximum atomic E-state index is 13.0. The highest BCUT2D eigenvalue weighted by Crippen LogP contribution is 2.19. The topological polar surface area (TPSA) is 64.3 Å². The predicted molar refractivity (Wildman–Crippen MR) is 71.1 cm³/mol. The number of nitrogens with one attached hydrogen (secondary N) is 1. The minimum Gasteiger partial charge on any atom is -0.444 e. The van der Waals surface area contributed by atoms with Crippen molar-refractivity contribution in [2.24, 2.45) is 0 Å². The van der Waals surface area contributed by atoms with Crippen LogP contribution >= 0.6 is 0 Å². The molecule has 0 saturated carbocycles. The fraction of sp³-hybridized carbons (Fsp3) is 0.0714. The van der Waals surface area contributed by atoms with Crippen LogP contribution in [0.4, 0.5) is 20.6 Å². The van der Waals surface area contributed by atoms with Crippen molar-refractivity contribution in [1.82, 2.24) is 0 Å². The summed E-state index contributed by atoms with van der Waals surface area (Å²) in [5, 5.41) is 2.40. The standard InChI is InChI=1S/C14H13FN2O2/c15-11-6-7-12(16)13(8-11)17-14(18)19-9-10-4-2-1-3-5-10/h1-8H,9,16H2,(H,17,18). The Kier molecular flexibility index (Phi) is 3.97. The van der Waals surface area contributed by atoms with Crippen molar-refractivity contribution in [2.75, 3.05) is 11.1 Å². The Labute approximate surface area is 110 Å². The Balaban J connectivity index is 1.93. The van der Waals surface area contributed by atoms with Crippen LogP contribution in [0.1, 0.15) is 5.56 Å². The third kappa shape index (κ3) is 3.70. The summed E-state index contributed by atoms with van der Waals surface area (Å²) in [5.74, 6) is -0.479. The van der Waals surface area contributed by atoms with E-state index in [2.05, 4.69) is 5.32 Å². The molecule has 0 spiro atoms. The molecule has 0 aromatic heterocycles. The first-order valence-electron chi connectivity index (χ1n) is 5.68. The summed E-state index contributed by atoms with van der Waals surface area (Å²) in [6, 6.07) is 13.0. The Morgan fingerprint density at radius 2 is 1.95 bits per heavy atom. The summed E-state index contributed by atoms with van der Waals surface area (Å²) >= 11 is 0. The summed E-state index contributed by atoms with van der Waals surface area (Å²) in [6.07, 6.45) is -0.679. The molecule has 0 heterocycles. The molecule has 1 amide bonds. The number of carbonyl (C=O) groups is 1. The molecule has 0 aliphatic carbocycles. The van der Waals surface area contributed by atoms with E-state index in [0.717, 1.165) is 11.6 Å². The van der Waals surface area contributed by atoms with Crippen molar-refractivity contribution in [2.45, 2.75) is 6.61 Å². The molecule has 5 heteroatoms. The lowest BCUT2D eigenvalue weighted by Gasteiger charge is -2.09. The normalized spacial score (nSPS) is 9.95. The van der Waals surface area contributed by atoms with Gasteiger partial charge in [-0.1, -0.05) is 30.3 Å². The van der Waals surface area contributed by atoms with Crippen LogP contribution in [0.3, 0.4) is 0 Å². The van der Waals surface area contributed by atoms with E-state index in [4.69, 9.17) is 10.5 Å². The summed E-state index contributed by atoms with van der Waals surface area (Å²) < 4.78 is 18.0. The second kappa shape index (κ2) is 5.86. The van der Waals surface area contributed by atoms with Gasteiger partial charge in [-0.25, -0.2) is 9.18 Å². The molecular weight excluding hydrogens is 247 g/mol. The molecule has 0 saturated heterocycles. The molecule has 2 aromatic carbocycles. The zero-order valence-electron chi connectivity index (χ0n) is 10.1. The smallest absolute Gasteiger partial charge is 0.412 e. The second-order valence-corrected chi connectivity index (χ2v) is 3.92. The third-order valence-electron chi connectivity index (χ3n) is 2.46. The zero-order chi connectivity index (χ0) is 13.7. The fourth-order valence-corrected chi connectivity index (χ4v) is 1.51. The number of amides is 1. The molecule has 0 atom stereocenters. The minimum absolute atomic E-state index is 0.141. The first-order chi connectivity index (χ1) is 9.15. The maximum Gasteiger partial charge on any atom is 0.412 e. The van der Waals surface area contributed by atoms with Gasteiger partial charge in [0.2, 0.25) is 0 Å². The Morgan fingerprint density at radius 3 is 2.68 bits per heavy atom. The number of halogens is 1. The van der Waals surface area contributed by atoms with Crippen molar-refractivity contribution >= 4 is 17.5 Å². The van der Waals surface area contributed by atoms with Gasteiger partial charge in [0.05, 0.1) is 11.4 Å². The van der Waals surface area contributed by atoms with Gasteiger partial charge in [0.1, 0.15) is 12.4 Å². The van der Waals surface area contributed by atoms with Gasteiger partial charge in [0, 0.05) is 0 Å². The molecule has 0 aliphatic rings. The quantitative estimate of drug-likeness (QED) is 0.833. The van der Waals surface area contributed by atoms with Crippen molar-refractivity contribution < 1.29 is 13.9 Å². The molecule has 2 aromatic rings. The van der Waals surface area contributed by atoms with Gasteiger partial charge >= 0.3 is 6.09 Å². The van der Waals surface area contributed by atoms with E-state index < -0.39 is 11.9 Å². The van der Waals surface area contributed by atoms with Crippen LogP contribution < -0.4 is 11.1 Å². The van der Waals surface area contributed by atoms with E-state index in [-0.39, 0.29) is 18.0 Å². The van der Waals surface area contributed by atoms with Crippen LogP contribution in [0.15, 0.2) is 48.5 Å². The highest BCUT2D eigenvalue weighted by Gasteiger charge is 2.07. The van der Waals surface area contributed by atoms with E-state index in [1.807, 2.05) is 30.3 Å². The molecular formula is C14H13FN2O2. The highest BCUT2D eigenvalue weighted by molar-refractivity contribution is 5.88. The fourth-order valence-electron chi connectivity index (χ4n) is 1.51. The number of nitrogen functional groups attached to an aromatic ring is 1. The molecule has 0 aliphatic heterocycles. The van der Waals surface area contributed by atoms with Gasteiger partial charge in [0.15, 0.2) is 0 Å². The van der Waals surface area contributed by atoms with Gasteiger partial charge < -0.3 is 10.5 Å². The number of hydrogen-bond acceptors (Lipinski definition) is 3. The highest BCUT2D eigenvalue weighted by atomic mass is 19.1. The SMILES string of the molecule is Nc1ccc(F)cc1NC(=O)OCc1ccccc1. The number of hydrogen-bond donors (Lipinski definition) is 2. The number of ether oxygens (including phenoxy) is 1. The monoisotopic (exact) mass is 260 g/mol. The largest absolute Gasteiger partial charge is 0.444 e. The van der Waals surface area contributed by atoms with E-state index in [1.165, 1.54) is 12.1 Å². The average molecular weight is 260 g/mol. The lowest BCUT2D eigenvalue weighted by Crippen LogP contribution is -2.14. The molecule has 0 radical (unpaired) electrons. The first kappa shape index (κ1) is 12.9. The number of carbonyl (C=O) groups excluding carboxylic acids is 1. The number of rotatable bonds is 3. The van der Waals surface area contributed by atoms with Crippen LogP contribution in [-0.4, -0.2) is 6.09 Å². The van der Waals surface area contributed by atoms with E-state index in [1.54, 1.807) is 0 Å². The van der Waals surface area contributed by atoms with Crippen molar-refractivity contribution in [1.29, 1.82) is 0 Å². The zero-order valence-corrected chi connectivity index (χ0v) is 10.1. The second-order valence-electron chi connectivity index (χ2n) is 3.92. The van der Waals surface area contributed by atoms with Crippen LogP contribution in [0.2, 0.25) is 0 Å². The molecule has 0 fully saturated rings. The van der Waals surface area contributed by atoms with E-state index in [9.17, 15) is 9.18 Å². The van der Waals surface area contributed by atoms with Gasteiger partial charge in [-0.2, -0.15) is 0 Å². The molecule has 19 heavy (non-hydrogen) atoms. The molecule has 0 bridgehead atoms. The molecule has 4 nitrogen and oxygen atoms in total. The lowest BCUT2D eigenvalue weighted by molar-refractivity contribution is 0.155. The molecule has 0 unspecified atom stereocenters. The van der Waals surface area contributed by atoms with Gasteiger partial charge in [-0.15, -0.1) is 0 Å². The summed E-state index contributed by atoms with van der Waals surface area (Å²) in [4.78, 5) is 11.5. The number of benzene rings is 2. The molecule has 98 valence electrons. The van der Waals surface area contributed by atoms with Crippen LogP contribution in [-0.2, 0) is 11.3 Å². The predicted octanol–water partition coefficient (Wildman–Crippen LogP) is 3.16. The Morgan fingerprint density at radius 1 is 1.21 bits per heavy atom. The van der Waals surface area contributed by atoms with E-state index in [0.29, 0.717) is 0 Å². The molecule has 2 rings (SSSR count). The molecule has 3 N–H and O–H groups in total. The van der Waals surface area contributed by atoms with Crippen molar-refractivity contribution in [3.63, 3.8) is 0 Å². The van der Waals surface area contributed by atoms with Crippen LogP contribution in [0.25, 0.3) is 0 Å². The van der Waals surface area contributed by atoms with Gasteiger partial charge in [0.25, 0.3) is 0 Å². The maximum absolute atomic E-state index is 13.0. The first-order valence-corrected chi connectivity index (χ1v) is 5.68. The summed E-state index contributed by atoms with van der Waals surface area (Å²) in [7, 11) is 0. The van der Waals surface area contributed by atoms with Crippen LogP contribution in [0, 0.1) is 5.82 Å². The van der Waals surface area contributed by atoms with Crippen molar-refractivity contribution in [3.8, 4) is 0 Å². The number of anilines is 2. The Bertz CT molecular complexity index is 573. The Hall–Kier alpha value is -2.56. The van der Waals surface area contributed by atoms with E-state index >= 15 is 0 Å². The average Bonchev–Trinajstić information content (AvgIpc) is 2.42. The third-order valence-corrected chi connectivity index (χ3v) is 2.46. The number of nitrogens with two attached hydrogens (primary N) is 1. The lowest BCUT2D eigenvalue weighted by atomic mass is 10.2. The van der Waals surface area contributed by atoms with Gasteiger partial charge in [-0.3, -0.25) is 5.32 Å². The summed E-state index contributed by atoms with van der Waals surface area (Å²) in [5.41, 5.74) is 6.94. The van der Waals surface area contributed by atoms with Gasteiger partial charge in [-0.05, 0) is 23.8 Å². The van der Waals surface area contributed by atoms with Crippen LogP contribution in [0.5, 0.6) is 0 Å². The summed E-state index contributed by atoms with van der Waals surface area (Å²) in [6.45, 7) is 0.141. The minimum atomic E-state index is -0.679.